The number of hydrogen-bond acceptors (Lipinski definition) is 7. The Balaban J connectivity index is 2.61. The molecule has 1 aromatic heterocycles. The van der Waals surface area contributed by atoms with E-state index in [9.17, 15) is 4.79 Å². The molecule has 0 unspecified atom stereocenters. The van der Waals surface area contributed by atoms with E-state index in [1.54, 1.807) is 14.0 Å². The molecule has 2 N–H and O–H groups in total. The molecule has 0 fully saturated rings. The number of carbonyl (C=O) groups is 1. The third kappa shape index (κ3) is 6.89. The summed E-state index contributed by atoms with van der Waals surface area (Å²) in [7, 11) is 1.60. The van der Waals surface area contributed by atoms with Crippen molar-refractivity contribution < 1.29 is 14.3 Å². The van der Waals surface area contributed by atoms with Crippen LogP contribution in [-0.4, -0.2) is 42.7 Å². The van der Waals surface area contributed by atoms with Gasteiger partial charge in [-0.15, -0.1) is 0 Å². The van der Waals surface area contributed by atoms with Crippen molar-refractivity contribution in [1.82, 2.24) is 9.97 Å². The van der Waals surface area contributed by atoms with Crippen LogP contribution in [0.25, 0.3) is 0 Å². The van der Waals surface area contributed by atoms with Gasteiger partial charge in [0.15, 0.2) is 5.82 Å². The van der Waals surface area contributed by atoms with Gasteiger partial charge in [-0.1, -0.05) is 6.92 Å². The number of esters is 1. The minimum absolute atomic E-state index is 0.222. The highest BCUT2D eigenvalue weighted by Gasteiger charge is 2.06. The van der Waals surface area contributed by atoms with Gasteiger partial charge in [0.25, 0.3) is 0 Å². The van der Waals surface area contributed by atoms with Crippen LogP contribution in [0.5, 0.6) is 0 Å². The Morgan fingerprint density at radius 2 is 1.86 bits per heavy atom. The van der Waals surface area contributed by atoms with Gasteiger partial charge in [-0.3, -0.25) is 4.79 Å². The van der Waals surface area contributed by atoms with Crippen LogP contribution in [0.15, 0.2) is 6.07 Å². The molecule has 21 heavy (non-hydrogen) atoms. The molecule has 0 aliphatic heterocycles. The maximum atomic E-state index is 11.3. The second-order valence-corrected chi connectivity index (χ2v) is 4.40. The van der Waals surface area contributed by atoms with Crippen molar-refractivity contribution in [3.63, 3.8) is 0 Å². The average molecular weight is 296 g/mol. The van der Waals surface area contributed by atoms with E-state index in [4.69, 9.17) is 9.47 Å². The molecule has 0 bridgehead atoms. The number of rotatable bonds is 10. The summed E-state index contributed by atoms with van der Waals surface area (Å²) in [6.45, 7) is 5.92. The normalized spacial score (nSPS) is 10.2. The van der Waals surface area contributed by atoms with Gasteiger partial charge in [0, 0.05) is 26.3 Å². The molecule has 0 aliphatic rings. The summed E-state index contributed by atoms with van der Waals surface area (Å²) in [4.78, 5) is 20.0. The predicted octanol–water partition coefficient (Wildman–Crippen LogP) is 1.81. The maximum Gasteiger partial charge on any atom is 0.307 e. The molecule has 1 rings (SSSR count). The second kappa shape index (κ2) is 9.93. The Bertz CT molecular complexity index is 440. The second-order valence-electron chi connectivity index (χ2n) is 4.40. The van der Waals surface area contributed by atoms with Crippen molar-refractivity contribution in [2.75, 3.05) is 37.4 Å². The molecule has 7 nitrogen and oxygen atoms in total. The molecule has 7 heteroatoms. The summed E-state index contributed by atoms with van der Waals surface area (Å²) in [5.74, 6) is 1.79. The zero-order chi connectivity index (χ0) is 15.5. The molecule has 0 amide bonds. The van der Waals surface area contributed by atoms with Crippen molar-refractivity contribution >= 4 is 17.6 Å². The van der Waals surface area contributed by atoms with Crippen molar-refractivity contribution in [3.8, 4) is 0 Å². The first-order valence-corrected chi connectivity index (χ1v) is 7.19. The SMILES string of the molecule is CCCNc1cc(NCCC(=O)OCC)nc(COC)n1. The van der Waals surface area contributed by atoms with Crippen LogP contribution >= 0.6 is 0 Å². The molecule has 1 heterocycles. The molecule has 0 aromatic carbocycles. The van der Waals surface area contributed by atoms with E-state index >= 15 is 0 Å². The highest BCUT2D eigenvalue weighted by Crippen LogP contribution is 2.12. The lowest BCUT2D eigenvalue weighted by molar-refractivity contribution is -0.142. The number of nitrogens with one attached hydrogen (secondary N) is 2. The first kappa shape index (κ1) is 17.2. The zero-order valence-electron chi connectivity index (χ0n) is 12.9. The quantitative estimate of drug-likeness (QED) is 0.637. The lowest BCUT2D eigenvalue weighted by Gasteiger charge is -2.10. The molecule has 0 saturated carbocycles. The minimum Gasteiger partial charge on any atom is -0.466 e. The number of anilines is 2. The zero-order valence-corrected chi connectivity index (χ0v) is 12.9. The van der Waals surface area contributed by atoms with Crippen molar-refractivity contribution in [3.05, 3.63) is 11.9 Å². The average Bonchev–Trinajstić information content (AvgIpc) is 2.45. The number of methoxy groups -OCH3 is 1. The minimum atomic E-state index is -0.222. The lowest BCUT2D eigenvalue weighted by Crippen LogP contribution is -2.13. The largest absolute Gasteiger partial charge is 0.466 e. The van der Waals surface area contributed by atoms with Crippen LogP contribution in [0.4, 0.5) is 11.6 Å². The summed E-state index contributed by atoms with van der Waals surface area (Å²) in [6, 6.07) is 1.82. The van der Waals surface area contributed by atoms with E-state index in [0.29, 0.717) is 37.8 Å². The highest BCUT2D eigenvalue weighted by molar-refractivity contribution is 5.70. The summed E-state index contributed by atoms with van der Waals surface area (Å²) in [5, 5.41) is 6.32. The van der Waals surface area contributed by atoms with Crippen LogP contribution < -0.4 is 10.6 Å². The van der Waals surface area contributed by atoms with E-state index in [2.05, 4.69) is 27.5 Å². The molecule has 0 radical (unpaired) electrons. The molecule has 0 spiro atoms. The highest BCUT2D eigenvalue weighted by atomic mass is 16.5. The number of hydrogen-bond donors (Lipinski definition) is 2. The standard InChI is InChI=1S/C14H24N4O3/c1-4-7-15-11-9-12(18-13(17-11)10-20-3)16-8-6-14(19)21-5-2/h9H,4-8,10H2,1-3H3,(H2,15,16,17,18). The van der Waals surface area contributed by atoms with Gasteiger partial charge in [-0.05, 0) is 13.3 Å². The van der Waals surface area contributed by atoms with Crippen LogP contribution in [0.2, 0.25) is 0 Å². The van der Waals surface area contributed by atoms with Crippen molar-refractivity contribution in [2.24, 2.45) is 0 Å². The van der Waals surface area contributed by atoms with Crippen LogP contribution in [-0.2, 0) is 20.9 Å². The monoisotopic (exact) mass is 296 g/mol. The predicted molar refractivity (Wildman–Crippen MR) is 81.3 cm³/mol. The lowest BCUT2D eigenvalue weighted by atomic mass is 10.4. The number of carbonyl (C=O) groups excluding carboxylic acids is 1. The van der Waals surface area contributed by atoms with Crippen molar-refractivity contribution in [2.45, 2.75) is 33.3 Å². The van der Waals surface area contributed by atoms with E-state index in [0.717, 1.165) is 18.8 Å². The summed E-state index contributed by atoms with van der Waals surface area (Å²) in [5.41, 5.74) is 0. The third-order valence-corrected chi connectivity index (χ3v) is 2.54. The molecular formula is C14H24N4O3. The molecular weight excluding hydrogens is 272 g/mol. The molecule has 0 aliphatic carbocycles. The Morgan fingerprint density at radius 3 is 2.43 bits per heavy atom. The fourth-order valence-corrected chi connectivity index (χ4v) is 1.65. The Labute approximate surface area is 125 Å². The van der Waals surface area contributed by atoms with Gasteiger partial charge in [-0.2, -0.15) is 0 Å². The number of aromatic nitrogens is 2. The Kier molecular flexibility index (Phi) is 8.11. The first-order valence-electron chi connectivity index (χ1n) is 7.19. The smallest absolute Gasteiger partial charge is 0.307 e. The van der Waals surface area contributed by atoms with E-state index in [1.165, 1.54) is 0 Å². The van der Waals surface area contributed by atoms with Gasteiger partial charge < -0.3 is 20.1 Å². The van der Waals surface area contributed by atoms with E-state index in [1.807, 2.05) is 6.07 Å². The topological polar surface area (TPSA) is 85.4 Å². The maximum absolute atomic E-state index is 11.3. The first-order chi connectivity index (χ1) is 10.2. The molecule has 0 atom stereocenters. The number of nitrogens with zero attached hydrogens (tertiary/aromatic N) is 2. The van der Waals surface area contributed by atoms with Gasteiger partial charge in [0.1, 0.15) is 18.2 Å². The Morgan fingerprint density at radius 1 is 1.19 bits per heavy atom. The van der Waals surface area contributed by atoms with Gasteiger partial charge in [0.2, 0.25) is 0 Å². The summed E-state index contributed by atoms with van der Waals surface area (Å²) in [6.07, 6.45) is 1.31. The van der Waals surface area contributed by atoms with E-state index in [-0.39, 0.29) is 5.97 Å². The third-order valence-electron chi connectivity index (χ3n) is 2.54. The van der Waals surface area contributed by atoms with Crippen LogP contribution in [0.3, 0.4) is 0 Å². The summed E-state index contributed by atoms with van der Waals surface area (Å²) >= 11 is 0. The van der Waals surface area contributed by atoms with Gasteiger partial charge in [0.05, 0.1) is 13.0 Å². The molecule has 118 valence electrons. The fourth-order valence-electron chi connectivity index (χ4n) is 1.65. The van der Waals surface area contributed by atoms with Crippen LogP contribution in [0.1, 0.15) is 32.5 Å². The molecule has 1 aromatic rings. The van der Waals surface area contributed by atoms with Gasteiger partial charge in [-0.25, -0.2) is 9.97 Å². The van der Waals surface area contributed by atoms with E-state index < -0.39 is 0 Å². The van der Waals surface area contributed by atoms with Crippen LogP contribution in [0, 0.1) is 0 Å². The van der Waals surface area contributed by atoms with Crippen molar-refractivity contribution in [1.29, 1.82) is 0 Å². The molecule has 0 saturated heterocycles. The number of ether oxygens (including phenoxy) is 2. The van der Waals surface area contributed by atoms with Gasteiger partial charge >= 0.3 is 5.97 Å². The fraction of sp³-hybridized carbons (Fsp3) is 0.643. The Hall–Kier alpha value is -1.89. The summed E-state index contributed by atoms with van der Waals surface area (Å²) < 4.78 is 9.94.